The maximum absolute atomic E-state index is 11.1. The molecular formula is C15H20O3. The van der Waals surface area contributed by atoms with Crippen molar-refractivity contribution in [1.82, 2.24) is 0 Å². The van der Waals surface area contributed by atoms with Gasteiger partial charge in [0, 0.05) is 13.0 Å². The molecule has 0 bridgehead atoms. The second kappa shape index (κ2) is 8.48. The zero-order valence-electron chi connectivity index (χ0n) is 10.8. The highest BCUT2D eigenvalue weighted by Crippen LogP contribution is 2.07. The van der Waals surface area contributed by atoms with Gasteiger partial charge in [0.05, 0.1) is 6.61 Å². The number of hydrogen-bond donors (Lipinski definition) is 1. The Bertz CT molecular complexity index is 379. The smallest absolute Gasteiger partial charge is 0.306 e. The number of hydrogen-bond acceptors (Lipinski definition) is 3. The number of benzene rings is 1. The largest absolute Gasteiger partial charge is 0.466 e. The predicted octanol–water partition coefficient (Wildman–Crippen LogP) is 2.58. The molecule has 0 aliphatic carbocycles. The SMILES string of the molecule is CCOC(=O)CCC=Cc1ccc(CCO)cc1. The van der Waals surface area contributed by atoms with Gasteiger partial charge in [0.15, 0.2) is 0 Å². The minimum absolute atomic E-state index is 0.152. The number of carbonyl (C=O) groups excluding carboxylic acids is 1. The Kier molecular flexibility index (Phi) is 6.81. The molecule has 0 unspecified atom stereocenters. The first kappa shape index (κ1) is 14.5. The van der Waals surface area contributed by atoms with Gasteiger partial charge in [0.1, 0.15) is 0 Å². The van der Waals surface area contributed by atoms with Crippen molar-refractivity contribution in [2.45, 2.75) is 26.2 Å². The van der Waals surface area contributed by atoms with Gasteiger partial charge < -0.3 is 9.84 Å². The van der Waals surface area contributed by atoms with Crippen LogP contribution in [0.2, 0.25) is 0 Å². The van der Waals surface area contributed by atoms with E-state index in [0.29, 0.717) is 25.9 Å². The molecule has 0 heterocycles. The third-order valence-corrected chi connectivity index (χ3v) is 2.51. The molecule has 3 heteroatoms. The predicted molar refractivity (Wildman–Crippen MR) is 72.1 cm³/mol. The van der Waals surface area contributed by atoms with Crippen LogP contribution >= 0.6 is 0 Å². The second-order valence-corrected chi connectivity index (χ2v) is 3.96. The number of allylic oxidation sites excluding steroid dienone is 1. The summed E-state index contributed by atoms with van der Waals surface area (Å²) in [4.78, 5) is 11.1. The molecule has 1 aromatic rings. The van der Waals surface area contributed by atoms with E-state index < -0.39 is 0 Å². The van der Waals surface area contributed by atoms with Crippen molar-refractivity contribution in [3.8, 4) is 0 Å². The van der Waals surface area contributed by atoms with E-state index in [0.717, 1.165) is 11.1 Å². The van der Waals surface area contributed by atoms with E-state index in [4.69, 9.17) is 9.84 Å². The van der Waals surface area contributed by atoms with Gasteiger partial charge in [-0.2, -0.15) is 0 Å². The summed E-state index contributed by atoms with van der Waals surface area (Å²) in [5.74, 6) is -0.152. The van der Waals surface area contributed by atoms with Crippen molar-refractivity contribution in [2.24, 2.45) is 0 Å². The fraction of sp³-hybridized carbons (Fsp3) is 0.400. The third kappa shape index (κ3) is 5.64. The van der Waals surface area contributed by atoms with Crippen LogP contribution in [0.4, 0.5) is 0 Å². The molecule has 1 N–H and O–H groups in total. The van der Waals surface area contributed by atoms with Crippen molar-refractivity contribution < 1.29 is 14.6 Å². The van der Waals surface area contributed by atoms with Gasteiger partial charge in [-0.05, 0) is 30.9 Å². The average molecular weight is 248 g/mol. The zero-order chi connectivity index (χ0) is 13.2. The molecule has 98 valence electrons. The van der Waals surface area contributed by atoms with Crippen LogP contribution in [0.15, 0.2) is 30.3 Å². The van der Waals surface area contributed by atoms with E-state index in [2.05, 4.69) is 0 Å². The molecule has 1 aromatic carbocycles. The molecule has 0 fully saturated rings. The summed E-state index contributed by atoms with van der Waals surface area (Å²) in [6.45, 7) is 2.42. The number of carbonyl (C=O) groups is 1. The van der Waals surface area contributed by atoms with Gasteiger partial charge in [0.25, 0.3) is 0 Å². The Labute approximate surface area is 108 Å². The topological polar surface area (TPSA) is 46.5 Å². The molecule has 0 aliphatic rings. The molecule has 18 heavy (non-hydrogen) atoms. The highest BCUT2D eigenvalue weighted by Gasteiger charge is 1.98. The molecule has 3 nitrogen and oxygen atoms in total. The van der Waals surface area contributed by atoms with Gasteiger partial charge in [0.2, 0.25) is 0 Å². The molecule has 0 radical (unpaired) electrons. The van der Waals surface area contributed by atoms with Gasteiger partial charge in [-0.25, -0.2) is 0 Å². The minimum atomic E-state index is -0.152. The molecule has 0 amide bonds. The van der Waals surface area contributed by atoms with Crippen LogP contribution in [-0.4, -0.2) is 24.3 Å². The van der Waals surface area contributed by atoms with Crippen molar-refractivity contribution in [3.05, 3.63) is 41.5 Å². The number of aliphatic hydroxyl groups excluding tert-OH is 1. The molecule has 0 spiro atoms. The van der Waals surface area contributed by atoms with Gasteiger partial charge >= 0.3 is 5.97 Å². The number of esters is 1. The van der Waals surface area contributed by atoms with Crippen LogP contribution in [0, 0.1) is 0 Å². The molecule has 0 saturated heterocycles. The highest BCUT2D eigenvalue weighted by atomic mass is 16.5. The molecule has 1 rings (SSSR count). The summed E-state index contributed by atoms with van der Waals surface area (Å²) < 4.78 is 4.84. The van der Waals surface area contributed by atoms with Crippen LogP contribution in [0.1, 0.15) is 30.9 Å². The molecule has 0 aromatic heterocycles. The third-order valence-electron chi connectivity index (χ3n) is 2.51. The summed E-state index contributed by atoms with van der Waals surface area (Å²) in [5.41, 5.74) is 2.22. The molecule has 0 aliphatic heterocycles. The number of ether oxygens (including phenoxy) is 1. The van der Waals surface area contributed by atoms with E-state index >= 15 is 0 Å². The zero-order valence-corrected chi connectivity index (χ0v) is 10.8. The van der Waals surface area contributed by atoms with E-state index in [-0.39, 0.29) is 12.6 Å². The lowest BCUT2D eigenvalue weighted by molar-refractivity contribution is -0.142. The standard InChI is InChI=1S/C15H20O3/c1-2-18-15(17)6-4-3-5-13-7-9-14(10-8-13)11-12-16/h3,5,7-10,16H,2,4,6,11-12H2,1H3. The van der Waals surface area contributed by atoms with Crippen LogP contribution < -0.4 is 0 Å². The lowest BCUT2D eigenvalue weighted by atomic mass is 10.1. The van der Waals surface area contributed by atoms with E-state index in [1.165, 1.54) is 0 Å². The average Bonchev–Trinajstić information content (AvgIpc) is 2.37. The Balaban J connectivity index is 2.35. The molecule has 0 saturated carbocycles. The summed E-state index contributed by atoms with van der Waals surface area (Å²) in [6.07, 6.45) is 5.76. The van der Waals surface area contributed by atoms with Crippen LogP contribution in [0.5, 0.6) is 0 Å². The fourth-order valence-electron chi connectivity index (χ4n) is 1.58. The lowest BCUT2D eigenvalue weighted by Crippen LogP contribution is -2.02. The molecule has 0 atom stereocenters. The highest BCUT2D eigenvalue weighted by molar-refractivity contribution is 5.69. The maximum Gasteiger partial charge on any atom is 0.306 e. The van der Waals surface area contributed by atoms with E-state index in [1.807, 2.05) is 43.3 Å². The Morgan fingerprint density at radius 3 is 2.67 bits per heavy atom. The monoisotopic (exact) mass is 248 g/mol. The van der Waals surface area contributed by atoms with Crippen LogP contribution in [0.25, 0.3) is 6.08 Å². The fourth-order valence-corrected chi connectivity index (χ4v) is 1.58. The van der Waals surface area contributed by atoms with E-state index in [9.17, 15) is 4.79 Å². The quantitative estimate of drug-likeness (QED) is 0.754. The lowest BCUT2D eigenvalue weighted by Gasteiger charge is -1.99. The van der Waals surface area contributed by atoms with Crippen LogP contribution in [-0.2, 0) is 16.0 Å². The molecular weight excluding hydrogens is 228 g/mol. The van der Waals surface area contributed by atoms with Gasteiger partial charge in [-0.15, -0.1) is 0 Å². The normalized spacial score (nSPS) is 10.8. The number of aliphatic hydroxyl groups is 1. The van der Waals surface area contributed by atoms with Gasteiger partial charge in [-0.1, -0.05) is 36.4 Å². The Hall–Kier alpha value is -1.61. The van der Waals surface area contributed by atoms with Crippen molar-refractivity contribution in [2.75, 3.05) is 13.2 Å². The Morgan fingerprint density at radius 1 is 1.33 bits per heavy atom. The summed E-state index contributed by atoms with van der Waals surface area (Å²) in [7, 11) is 0. The van der Waals surface area contributed by atoms with Gasteiger partial charge in [-0.3, -0.25) is 4.79 Å². The van der Waals surface area contributed by atoms with Crippen molar-refractivity contribution >= 4 is 12.0 Å². The minimum Gasteiger partial charge on any atom is -0.466 e. The summed E-state index contributed by atoms with van der Waals surface area (Å²) in [6, 6.07) is 8.01. The first-order valence-electron chi connectivity index (χ1n) is 6.28. The van der Waals surface area contributed by atoms with Crippen molar-refractivity contribution in [1.29, 1.82) is 0 Å². The Morgan fingerprint density at radius 2 is 2.06 bits per heavy atom. The maximum atomic E-state index is 11.1. The van der Waals surface area contributed by atoms with Crippen LogP contribution in [0.3, 0.4) is 0 Å². The van der Waals surface area contributed by atoms with Crippen molar-refractivity contribution in [3.63, 3.8) is 0 Å². The summed E-state index contributed by atoms with van der Waals surface area (Å²) in [5, 5.41) is 8.80. The first-order chi connectivity index (χ1) is 8.76. The summed E-state index contributed by atoms with van der Waals surface area (Å²) >= 11 is 0. The number of rotatable bonds is 7. The first-order valence-corrected chi connectivity index (χ1v) is 6.28. The van der Waals surface area contributed by atoms with E-state index in [1.54, 1.807) is 0 Å². The second-order valence-electron chi connectivity index (χ2n) is 3.96.